The molecule has 142 valence electrons. The molecule has 2 aliphatic rings. The van der Waals surface area contributed by atoms with E-state index in [9.17, 15) is 4.79 Å². The number of aliphatic imine (C=N–C) groups is 1. The smallest absolute Gasteiger partial charge is 0.253 e. The number of likely N-dealkylation sites (tertiary alicyclic amines) is 1. The van der Waals surface area contributed by atoms with Crippen molar-refractivity contribution in [1.29, 1.82) is 0 Å². The Morgan fingerprint density at radius 3 is 2.68 bits per heavy atom. The number of benzene rings is 2. The van der Waals surface area contributed by atoms with Gasteiger partial charge in [0, 0.05) is 48.8 Å². The molecule has 0 unspecified atom stereocenters. The first-order chi connectivity index (χ1) is 13.6. The second-order valence-electron chi connectivity index (χ2n) is 7.55. The van der Waals surface area contributed by atoms with Crippen molar-refractivity contribution in [1.82, 2.24) is 15.4 Å². The van der Waals surface area contributed by atoms with Gasteiger partial charge in [-0.15, -0.1) is 0 Å². The number of hydroxylamine groups is 1. The van der Waals surface area contributed by atoms with Crippen molar-refractivity contribution in [2.75, 3.05) is 13.1 Å². The molecule has 6 nitrogen and oxygen atoms in total. The van der Waals surface area contributed by atoms with Crippen LogP contribution in [0.4, 0.5) is 0 Å². The summed E-state index contributed by atoms with van der Waals surface area (Å²) in [6, 6.07) is 16.0. The number of carbonyl (C=O) groups is 1. The third-order valence-electron chi connectivity index (χ3n) is 5.61. The molecule has 0 atom stereocenters. The number of amidine groups is 1. The molecule has 2 aromatic carbocycles. The van der Waals surface area contributed by atoms with Crippen LogP contribution in [0.15, 0.2) is 59.7 Å². The third kappa shape index (κ3) is 2.96. The Kier molecular flexibility index (Phi) is 3.94. The Bertz CT molecular complexity index is 1060. The minimum Gasteiger partial charge on any atom is -0.361 e. The molecule has 0 saturated carbocycles. The molecule has 5 rings (SSSR count). The van der Waals surface area contributed by atoms with Crippen LogP contribution in [-0.4, -0.2) is 40.4 Å². The zero-order chi connectivity index (χ0) is 19.1. The Hall–Kier alpha value is -3.12. The number of hydrogen-bond donors (Lipinski definition) is 2. The van der Waals surface area contributed by atoms with Gasteiger partial charge in [0.15, 0.2) is 11.6 Å². The molecule has 1 fully saturated rings. The fourth-order valence-corrected chi connectivity index (χ4v) is 3.86. The number of H-pyrrole nitrogens is 1. The molecule has 6 heteroatoms. The second-order valence-corrected chi connectivity index (χ2v) is 7.55. The lowest BCUT2D eigenvalue weighted by molar-refractivity contribution is -0.0849. The zero-order valence-electron chi connectivity index (χ0n) is 15.7. The number of aromatic nitrogens is 1. The van der Waals surface area contributed by atoms with Crippen LogP contribution in [-0.2, 0) is 4.84 Å². The van der Waals surface area contributed by atoms with Gasteiger partial charge in [0.2, 0.25) is 0 Å². The molecule has 1 saturated heterocycles. The van der Waals surface area contributed by atoms with Gasteiger partial charge < -0.3 is 9.88 Å². The van der Waals surface area contributed by atoms with Gasteiger partial charge in [-0.2, -0.15) is 0 Å². The van der Waals surface area contributed by atoms with E-state index in [1.54, 1.807) is 0 Å². The molecule has 2 N–H and O–H groups in total. The molecule has 0 aliphatic carbocycles. The van der Waals surface area contributed by atoms with Gasteiger partial charge in [0.1, 0.15) is 0 Å². The van der Waals surface area contributed by atoms with E-state index in [1.165, 1.54) is 5.56 Å². The molecule has 1 spiro atoms. The second kappa shape index (κ2) is 6.49. The molecule has 2 aliphatic heterocycles. The number of amides is 1. The molecule has 3 heterocycles. The van der Waals surface area contributed by atoms with E-state index in [2.05, 4.69) is 29.5 Å². The summed E-state index contributed by atoms with van der Waals surface area (Å²) in [5.74, 6) is 0.817. The van der Waals surface area contributed by atoms with Crippen LogP contribution < -0.4 is 5.48 Å². The molecule has 1 aromatic heterocycles. The highest BCUT2D eigenvalue weighted by Gasteiger charge is 2.41. The number of nitrogens with zero attached hydrogens (tertiary/aromatic N) is 2. The topological polar surface area (TPSA) is 69.7 Å². The van der Waals surface area contributed by atoms with Crippen LogP contribution in [0.5, 0.6) is 0 Å². The first-order valence-corrected chi connectivity index (χ1v) is 9.59. The summed E-state index contributed by atoms with van der Waals surface area (Å²) in [6.07, 6.45) is 3.23. The highest BCUT2D eigenvalue weighted by atomic mass is 16.7. The summed E-state index contributed by atoms with van der Waals surface area (Å²) in [5, 5.41) is 1.11. The van der Waals surface area contributed by atoms with E-state index in [1.807, 2.05) is 47.5 Å². The fraction of sp³-hybridized carbons (Fsp3) is 0.273. The van der Waals surface area contributed by atoms with E-state index < -0.39 is 5.72 Å². The van der Waals surface area contributed by atoms with Crippen molar-refractivity contribution in [3.63, 3.8) is 0 Å². The largest absolute Gasteiger partial charge is 0.361 e. The van der Waals surface area contributed by atoms with Crippen LogP contribution in [0.2, 0.25) is 0 Å². The number of aromatic amines is 1. The van der Waals surface area contributed by atoms with Gasteiger partial charge in [-0.1, -0.05) is 35.9 Å². The first kappa shape index (κ1) is 17.0. The van der Waals surface area contributed by atoms with E-state index in [-0.39, 0.29) is 5.91 Å². The molecule has 3 aromatic rings. The minimum absolute atomic E-state index is 0.0556. The highest BCUT2D eigenvalue weighted by molar-refractivity contribution is 5.99. The van der Waals surface area contributed by atoms with Gasteiger partial charge in [-0.3, -0.25) is 4.79 Å². The predicted molar refractivity (Wildman–Crippen MR) is 108 cm³/mol. The number of fused-ring (bicyclic) bond motifs is 1. The number of hydrogen-bond acceptors (Lipinski definition) is 4. The maximum Gasteiger partial charge on any atom is 0.253 e. The Morgan fingerprint density at radius 2 is 1.89 bits per heavy atom. The molecular formula is C22H22N4O2. The van der Waals surface area contributed by atoms with E-state index >= 15 is 0 Å². The summed E-state index contributed by atoms with van der Waals surface area (Å²) >= 11 is 0. The summed E-state index contributed by atoms with van der Waals surface area (Å²) in [6.45, 7) is 3.30. The molecule has 0 bridgehead atoms. The van der Waals surface area contributed by atoms with E-state index in [0.29, 0.717) is 31.5 Å². The summed E-state index contributed by atoms with van der Waals surface area (Å²) in [5.41, 5.74) is 6.32. The monoisotopic (exact) mass is 374 g/mol. The summed E-state index contributed by atoms with van der Waals surface area (Å²) in [4.78, 5) is 28.6. The van der Waals surface area contributed by atoms with Gasteiger partial charge in [0.25, 0.3) is 5.91 Å². The Balaban J connectivity index is 1.29. The third-order valence-corrected chi connectivity index (χ3v) is 5.61. The average molecular weight is 374 g/mol. The van der Waals surface area contributed by atoms with Crippen molar-refractivity contribution < 1.29 is 9.63 Å². The maximum absolute atomic E-state index is 12.9. The average Bonchev–Trinajstić information content (AvgIpc) is 3.35. The Labute approximate surface area is 163 Å². The molecular weight excluding hydrogens is 352 g/mol. The van der Waals surface area contributed by atoms with Crippen molar-refractivity contribution in [3.05, 3.63) is 71.4 Å². The van der Waals surface area contributed by atoms with Gasteiger partial charge in [-0.25, -0.2) is 15.3 Å². The maximum atomic E-state index is 12.9. The SMILES string of the molecule is Cc1ccc(C2=NC3(CCN(C(=O)c4ccc5cc[nH]c5c4)CC3)ON2)cc1. The van der Waals surface area contributed by atoms with Crippen LogP contribution in [0.3, 0.4) is 0 Å². The van der Waals surface area contributed by atoms with Gasteiger partial charge in [-0.05, 0) is 30.5 Å². The van der Waals surface area contributed by atoms with Crippen molar-refractivity contribution >= 4 is 22.6 Å². The van der Waals surface area contributed by atoms with Crippen LogP contribution in [0.25, 0.3) is 10.9 Å². The standard InChI is InChI=1S/C22H22N4O2/c1-15-2-4-17(5-3-15)20-24-22(28-25-20)9-12-26(13-10-22)21(27)18-7-6-16-8-11-23-19(16)14-18/h2-8,11,14,23H,9-10,12-13H2,1H3,(H,24,25). The van der Waals surface area contributed by atoms with Gasteiger partial charge in [0.05, 0.1) is 0 Å². The quantitative estimate of drug-likeness (QED) is 0.722. The lowest BCUT2D eigenvalue weighted by atomic mass is 10.00. The molecule has 1 amide bonds. The molecule has 28 heavy (non-hydrogen) atoms. The van der Waals surface area contributed by atoms with Crippen LogP contribution in [0, 0.1) is 6.92 Å². The minimum atomic E-state index is -0.583. The normalized spacial score (nSPS) is 18.3. The number of nitrogens with one attached hydrogen (secondary N) is 2. The molecule has 0 radical (unpaired) electrons. The summed E-state index contributed by atoms with van der Waals surface area (Å²) in [7, 11) is 0. The highest BCUT2D eigenvalue weighted by Crippen LogP contribution is 2.31. The number of rotatable bonds is 2. The van der Waals surface area contributed by atoms with E-state index in [4.69, 9.17) is 9.83 Å². The lowest BCUT2D eigenvalue weighted by Gasteiger charge is -2.35. The van der Waals surface area contributed by atoms with Crippen molar-refractivity contribution in [2.24, 2.45) is 4.99 Å². The van der Waals surface area contributed by atoms with Crippen LogP contribution >= 0.6 is 0 Å². The lowest BCUT2D eigenvalue weighted by Crippen LogP contribution is -2.46. The van der Waals surface area contributed by atoms with E-state index in [0.717, 1.165) is 22.3 Å². The number of piperidine rings is 1. The van der Waals surface area contributed by atoms with Crippen molar-refractivity contribution in [2.45, 2.75) is 25.5 Å². The number of aryl methyl sites for hydroxylation is 1. The predicted octanol–water partition coefficient (Wildman–Crippen LogP) is 3.39. The van der Waals surface area contributed by atoms with Gasteiger partial charge >= 0.3 is 0 Å². The number of carbonyl (C=O) groups excluding carboxylic acids is 1. The Morgan fingerprint density at radius 1 is 1.11 bits per heavy atom. The van der Waals surface area contributed by atoms with Crippen LogP contribution in [0.1, 0.15) is 34.3 Å². The fourth-order valence-electron chi connectivity index (χ4n) is 3.86. The summed E-state index contributed by atoms with van der Waals surface area (Å²) < 4.78 is 0. The first-order valence-electron chi connectivity index (χ1n) is 9.59. The zero-order valence-corrected chi connectivity index (χ0v) is 15.7. The van der Waals surface area contributed by atoms with Crippen molar-refractivity contribution in [3.8, 4) is 0 Å².